The molecule has 6 nitrogen and oxygen atoms in total. The molecule has 0 radical (unpaired) electrons. The van der Waals surface area contributed by atoms with Gasteiger partial charge in [0.25, 0.3) is 5.91 Å². The van der Waals surface area contributed by atoms with Crippen LogP contribution >= 0.6 is 0 Å². The maximum atomic E-state index is 13.0. The first-order valence-electron chi connectivity index (χ1n) is 9.46. The number of esters is 1. The number of benzene rings is 3. The van der Waals surface area contributed by atoms with Crippen molar-refractivity contribution in [3.63, 3.8) is 0 Å². The number of hydrogen-bond donors (Lipinski definition) is 2. The molecule has 0 aliphatic rings. The van der Waals surface area contributed by atoms with Gasteiger partial charge in [-0.1, -0.05) is 54.6 Å². The van der Waals surface area contributed by atoms with E-state index >= 15 is 0 Å². The van der Waals surface area contributed by atoms with Gasteiger partial charge >= 0.3 is 5.97 Å². The van der Waals surface area contributed by atoms with E-state index in [1.165, 1.54) is 13.2 Å². The van der Waals surface area contributed by atoms with Crippen LogP contribution in [-0.2, 0) is 16.0 Å². The van der Waals surface area contributed by atoms with Crippen LogP contribution in [0.5, 0.6) is 0 Å². The molecule has 1 unspecified atom stereocenters. The maximum absolute atomic E-state index is 13.0. The molecule has 0 saturated carbocycles. The Kier molecular flexibility index (Phi) is 6.95. The van der Waals surface area contributed by atoms with Gasteiger partial charge in [-0.15, -0.1) is 0 Å². The molecule has 2 amide bonds. The van der Waals surface area contributed by atoms with E-state index in [9.17, 15) is 14.4 Å². The van der Waals surface area contributed by atoms with E-state index in [0.29, 0.717) is 23.2 Å². The number of ether oxygens (including phenoxy) is 1. The summed E-state index contributed by atoms with van der Waals surface area (Å²) >= 11 is 0. The van der Waals surface area contributed by atoms with Crippen molar-refractivity contribution in [3.05, 3.63) is 102 Å². The van der Waals surface area contributed by atoms with Gasteiger partial charge in [0, 0.05) is 17.7 Å². The second-order valence-corrected chi connectivity index (χ2v) is 6.64. The average Bonchev–Trinajstić information content (AvgIpc) is 2.79. The van der Waals surface area contributed by atoms with Gasteiger partial charge in [-0.2, -0.15) is 0 Å². The highest BCUT2D eigenvalue weighted by molar-refractivity contribution is 6.01. The molecule has 1 atom stereocenters. The Labute approximate surface area is 174 Å². The van der Waals surface area contributed by atoms with E-state index in [2.05, 4.69) is 10.6 Å². The summed E-state index contributed by atoms with van der Waals surface area (Å²) < 4.78 is 4.72. The van der Waals surface area contributed by atoms with Crippen molar-refractivity contribution in [2.24, 2.45) is 0 Å². The van der Waals surface area contributed by atoms with Gasteiger partial charge in [-0.05, 0) is 35.9 Å². The molecule has 0 fully saturated rings. The van der Waals surface area contributed by atoms with Crippen molar-refractivity contribution in [2.75, 3.05) is 12.4 Å². The van der Waals surface area contributed by atoms with E-state index in [-0.39, 0.29) is 11.8 Å². The largest absolute Gasteiger partial charge is 0.465 e. The molecule has 3 rings (SSSR count). The van der Waals surface area contributed by atoms with Crippen LogP contribution in [-0.4, -0.2) is 30.9 Å². The van der Waals surface area contributed by atoms with Crippen LogP contribution in [0.3, 0.4) is 0 Å². The van der Waals surface area contributed by atoms with Crippen molar-refractivity contribution in [1.82, 2.24) is 5.32 Å². The van der Waals surface area contributed by atoms with E-state index in [1.807, 2.05) is 36.4 Å². The second kappa shape index (κ2) is 10.0. The molecular formula is C24H22N2O4. The van der Waals surface area contributed by atoms with Gasteiger partial charge in [0.05, 0.1) is 12.7 Å². The first-order chi connectivity index (χ1) is 14.6. The number of nitrogens with one attached hydrogen (secondary N) is 2. The molecule has 6 heteroatoms. The highest BCUT2D eigenvalue weighted by atomic mass is 16.5. The second-order valence-electron chi connectivity index (χ2n) is 6.64. The Hall–Kier alpha value is -3.93. The van der Waals surface area contributed by atoms with E-state index in [1.54, 1.807) is 42.5 Å². The Morgan fingerprint density at radius 1 is 0.833 bits per heavy atom. The molecular weight excluding hydrogens is 380 g/mol. The van der Waals surface area contributed by atoms with Gasteiger partial charge in [0.1, 0.15) is 6.04 Å². The summed E-state index contributed by atoms with van der Waals surface area (Å²) in [6, 6.07) is 23.8. The monoisotopic (exact) mass is 402 g/mol. The standard InChI is InChI=1S/C24H22N2O4/c1-30-24(29)19-13-8-14-20(16-19)25-23(28)21(15-17-9-4-2-5-10-17)26-22(27)18-11-6-3-7-12-18/h2-14,16,21H,15H2,1H3,(H,25,28)(H,26,27). The number of amides is 2. The highest BCUT2D eigenvalue weighted by Gasteiger charge is 2.22. The van der Waals surface area contributed by atoms with Gasteiger partial charge in [0.15, 0.2) is 0 Å². The smallest absolute Gasteiger partial charge is 0.337 e. The Morgan fingerprint density at radius 2 is 1.47 bits per heavy atom. The number of carbonyl (C=O) groups is 3. The Balaban J connectivity index is 1.79. The normalized spacial score (nSPS) is 11.2. The van der Waals surface area contributed by atoms with Gasteiger partial charge in [0.2, 0.25) is 5.91 Å². The summed E-state index contributed by atoms with van der Waals surface area (Å²) in [5.74, 6) is -1.22. The zero-order chi connectivity index (χ0) is 21.3. The zero-order valence-electron chi connectivity index (χ0n) is 16.5. The third-order valence-electron chi connectivity index (χ3n) is 4.49. The topological polar surface area (TPSA) is 84.5 Å². The number of rotatable bonds is 7. The Morgan fingerprint density at radius 3 is 2.13 bits per heavy atom. The highest BCUT2D eigenvalue weighted by Crippen LogP contribution is 2.13. The first-order valence-corrected chi connectivity index (χ1v) is 9.46. The number of carbonyl (C=O) groups excluding carboxylic acids is 3. The zero-order valence-corrected chi connectivity index (χ0v) is 16.5. The first kappa shape index (κ1) is 20.8. The van der Waals surface area contributed by atoms with Crippen LogP contribution in [0.1, 0.15) is 26.3 Å². The Bertz CT molecular complexity index is 1020. The van der Waals surface area contributed by atoms with Crippen molar-refractivity contribution in [2.45, 2.75) is 12.5 Å². The van der Waals surface area contributed by atoms with Crippen molar-refractivity contribution in [3.8, 4) is 0 Å². The quantitative estimate of drug-likeness (QED) is 0.593. The average molecular weight is 402 g/mol. The molecule has 3 aromatic carbocycles. The maximum Gasteiger partial charge on any atom is 0.337 e. The molecule has 152 valence electrons. The summed E-state index contributed by atoms with van der Waals surface area (Å²) in [6.45, 7) is 0. The van der Waals surface area contributed by atoms with E-state index < -0.39 is 12.0 Å². The van der Waals surface area contributed by atoms with Crippen LogP contribution in [0, 0.1) is 0 Å². The van der Waals surface area contributed by atoms with Crippen LogP contribution < -0.4 is 10.6 Å². The minimum Gasteiger partial charge on any atom is -0.465 e. The molecule has 0 saturated heterocycles. The lowest BCUT2D eigenvalue weighted by atomic mass is 10.0. The lowest BCUT2D eigenvalue weighted by Gasteiger charge is -2.19. The number of hydrogen-bond acceptors (Lipinski definition) is 4. The predicted octanol–water partition coefficient (Wildman–Crippen LogP) is 3.45. The summed E-state index contributed by atoms with van der Waals surface area (Å²) in [5, 5.41) is 5.58. The SMILES string of the molecule is COC(=O)c1cccc(NC(=O)C(Cc2ccccc2)NC(=O)c2ccccc2)c1. The van der Waals surface area contributed by atoms with Crippen LogP contribution in [0.25, 0.3) is 0 Å². The van der Waals surface area contributed by atoms with Crippen LogP contribution in [0.2, 0.25) is 0 Å². The van der Waals surface area contributed by atoms with Crippen molar-refractivity contribution in [1.29, 1.82) is 0 Å². The van der Waals surface area contributed by atoms with E-state index in [0.717, 1.165) is 5.56 Å². The summed E-state index contributed by atoms with van der Waals surface area (Å²) in [7, 11) is 1.29. The fourth-order valence-corrected chi connectivity index (χ4v) is 2.96. The molecule has 30 heavy (non-hydrogen) atoms. The van der Waals surface area contributed by atoms with Gasteiger partial charge in [-0.3, -0.25) is 9.59 Å². The number of methoxy groups -OCH3 is 1. The molecule has 0 aromatic heterocycles. The molecule has 0 spiro atoms. The lowest BCUT2D eigenvalue weighted by molar-refractivity contribution is -0.118. The number of anilines is 1. The summed E-state index contributed by atoms with van der Waals surface area (Å²) in [6.07, 6.45) is 0.321. The summed E-state index contributed by atoms with van der Waals surface area (Å²) in [5.41, 5.74) is 2.14. The van der Waals surface area contributed by atoms with Crippen LogP contribution in [0.15, 0.2) is 84.9 Å². The van der Waals surface area contributed by atoms with E-state index in [4.69, 9.17) is 4.74 Å². The van der Waals surface area contributed by atoms with Crippen molar-refractivity contribution >= 4 is 23.5 Å². The third-order valence-corrected chi connectivity index (χ3v) is 4.49. The summed E-state index contributed by atoms with van der Waals surface area (Å²) in [4.78, 5) is 37.4. The fourth-order valence-electron chi connectivity index (χ4n) is 2.96. The predicted molar refractivity (Wildman–Crippen MR) is 114 cm³/mol. The minimum atomic E-state index is -0.804. The van der Waals surface area contributed by atoms with Crippen molar-refractivity contribution < 1.29 is 19.1 Å². The minimum absolute atomic E-state index is 0.321. The molecule has 0 aliphatic carbocycles. The van der Waals surface area contributed by atoms with Gasteiger partial charge < -0.3 is 15.4 Å². The molecule has 0 bridgehead atoms. The molecule has 0 aliphatic heterocycles. The molecule has 3 aromatic rings. The van der Waals surface area contributed by atoms with Crippen LogP contribution in [0.4, 0.5) is 5.69 Å². The fraction of sp³-hybridized carbons (Fsp3) is 0.125. The van der Waals surface area contributed by atoms with Gasteiger partial charge in [-0.25, -0.2) is 4.79 Å². The third kappa shape index (κ3) is 5.54. The molecule has 2 N–H and O–H groups in total. The lowest BCUT2D eigenvalue weighted by Crippen LogP contribution is -2.45. The molecule has 0 heterocycles.